The first-order chi connectivity index (χ1) is 13.2. The second kappa shape index (κ2) is 9.36. The van der Waals surface area contributed by atoms with Crippen LogP contribution in [-0.2, 0) is 4.79 Å². The highest BCUT2D eigenvalue weighted by molar-refractivity contribution is 5.85. The second-order valence-corrected chi connectivity index (χ2v) is 7.47. The van der Waals surface area contributed by atoms with Gasteiger partial charge in [-0.25, -0.2) is 4.79 Å². The maximum absolute atomic E-state index is 10.9. The van der Waals surface area contributed by atoms with Crippen LogP contribution in [0.2, 0.25) is 0 Å². The molecule has 2 nitrogen and oxygen atoms in total. The molecule has 140 valence electrons. The van der Waals surface area contributed by atoms with E-state index in [4.69, 9.17) is 5.11 Å². The molecule has 1 saturated carbocycles. The Balaban J connectivity index is 1.87. The van der Waals surface area contributed by atoms with Gasteiger partial charge in [-0.05, 0) is 78.7 Å². The minimum absolute atomic E-state index is 0.540. The summed E-state index contributed by atoms with van der Waals surface area (Å²) in [7, 11) is 0. The summed E-state index contributed by atoms with van der Waals surface area (Å²) in [4.78, 5) is 10.9. The Kier molecular flexibility index (Phi) is 6.64. The lowest BCUT2D eigenvalue weighted by atomic mass is 9.75. The molecule has 1 aliphatic rings. The average molecular weight is 360 g/mol. The van der Waals surface area contributed by atoms with Crippen LogP contribution < -0.4 is 0 Å². The molecule has 1 fully saturated rings. The first-order valence-corrected chi connectivity index (χ1v) is 9.88. The van der Waals surface area contributed by atoms with Gasteiger partial charge in [0.25, 0.3) is 0 Å². The fraction of sp³-hybridized carbons (Fsp3) is 0.320. The predicted octanol–water partition coefficient (Wildman–Crippen LogP) is 6.69. The number of carboxylic acid groups (broad SMARTS) is 1. The van der Waals surface area contributed by atoms with Crippen molar-refractivity contribution in [2.75, 3.05) is 0 Å². The molecule has 1 N–H and O–H groups in total. The lowest BCUT2D eigenvalue weighted by Crippen LogP contribution is -2.14. The summed E-state index contributed by atoms with van der Waals surface area (Å²) in [5.74, 6) is 0.444. The van der Waals surface area contributed by atoms with Crippen molar-refractivity contribution in [3.63, 3.8) is 0 Å². The smallest absolute Gasteiger partial charge is 0.328 e. The van der Waals surface area contributed by atoms with Gasteiger partial charge in [0.1, 0.15) is 0 Å². The largest absolute Gasteiger partial charge is 0.478 e. The average Bonchev–Trinajstić information content (AvgIpc) is 2.71. The summed E-state index contributed by atoms with van der Waals surface area (Å²) < 4.78 is 0. The van der Waals surface area contributed by atoms with E-state index in [1.807, 2.05) is 18.2 Å². The molecule has 0 unspecified atom stereocenters. The highest BCUT2D eigenvalue weighted by Crippen LogP contribution is 2.41. The zero-order valence-electron chi connectivity index (χ0n) is 15.8. The molecule has 2 aromatic rings. The van der Waals surface area contributed by atoms with Gasteiger partial charge < -0.3 is 5.11 Å². The molecule has 3 rings (SSSR count). The Hall–Kier alpha value is -2.61. The van der Waals surface area contributed by atoms with Crippen LogP contribution in [0.1, 0.15) is 55.6 Å². The van der Waals surface area contributed by atoms with Gasteiger partial charge in [-0.3, -0.25) is 0 Å². The van der Waals surface area contributed by atoms with Crippen LogP contribution in [0.4, 0.5) is 0 Å². The summed E-state index contributed by atoms with van der Waals surface area (Å²) >= 11 is 0. The zero-order valence-corrected chi connectivity index (χ0v) is 15.8. The lowest BCUT2D eigenvalue weighted by Gasteiger charge is -2.30. The van der Waals surface area contributed by atoms with Crippen LogP contribution in [-0.4, -0.2) is 11.1 Å². The summed E-state index contributed by atoms with van der Waals surface area (Å²) in [5.41, 5.74) is 4.82. The van der Waals surface area contributed by atoms with E-state index >= 15 is 0 Å². The summed E-state index contributed by atoms with van der Waals surface area (Å²) in [5, 5.41) is 8.93. The molecular weight excluding hydrogens is 332 g/mol. The van der Waals surface area contributed by atoms with E-state index in [1.165, 1.54) is 54.9 Å². The van der Waals surface area contributed by atoms with Crippen molar-refractivity contribution in [2.45, 2.75) is 44.4 Å². The molecule has 0 radical (unpaired) electrons. The Labute approximate surface area is 162 Å². The second-order valence-electron chi connectivity index (χ2n) is 7.47. The van der Waals surface area contributed by atoms with E-state index in [2.05, 4.69) is 43.0 Å². The fourth-order valence-electron chi connectivity index (χ4n) is 4.19. The summed E-state index contributed by atoms with van der Waals surface area (Å²) in [6.07, 6.45) is 12.2. The summed E-state index contributed by atoms with van der Waals surface area (Å²) in [6.45, 7) is 3.84. The van der Waals surface area contributed by atoms with E-state index in [0.29, 0.717) is 5.92 Å². The van der Waals surface area contributed by atoms with Gasteiger partial charge in [-0.1, -0.05) is 54.6 Å². The molecule has 0 spiro atoms. The predicted molar refractivity (Wildman–Crippen MR) is 113 cm³/mol. The normalized spacial score (nSPS) is 19.9. The Bertz CT molecular complexity index is 796. The number of allylic oxidation sites excluding steroid dienone is 1. The molecule has 0 saturated heterocycles. The minimum atomic E-state index is -0.911. The standard InChI is InChI=1S/C25H28O2/c1-2-3-7-19-10-14-22(15-11-19)24-18-20(13-17-25(26)27)12-16-23(24)21-8-5-4-6-9-21/h2,4-6,8-9,12-13,16-19,22H,1,3,7,10-11,14-15H2,(H,26,27)/b17-13+. The monoisotopic (exact) mass is 360 g/mol. The molecule has 0 bridgehead atoms. The molecule has 2 heteroatoms. The number of carboxylic acids is 1. The molecule has 27 heavy (non-hydrogen) atoms. The number of carbonyl (C=O) groups is 1. The number of hydrogen-bond donors (Lipinski definition) is 1. The van der Waals surface area contributed by atoms with Crippen molar-refractivity contribution in [3.05, 3.63) is 78.4 Å². The maximum Gasteiger partial charge on any atom is 0.328 e. The quantitative estimate of drug-likeness (QED) is 0.441. The van der Waals surface area contributed by atoms with Gasteiger partial charge in [0, 0.05) is 6.08 Å². The molecule has 0 atom stereocenters. The Morgan fingerprint density at radius 3 is 2.48 bits per heavy atom. The van der Waals surface area contributed by atoms with E-state index < -0.39 is 5.97 Å². The summed E-state index contributed by atoms with van der Waals surface area (Å²) in [6, 6.07) is 16.8. The molecule has 0 heterocycles. The van der Waals surface area contributed by atoms with Crippen LogP contribution in [0, 0.1) is 5.92 Å². The van der Waals surface area contributed by atoms with Crippen molar-refractivity contribution >= 4 is 12.0 Å². The van der Waals surface area contributed by atoms with E-state index in [9.17, 15) is 4.79 Å². The van der Waals surface area contributed by atoms with Gasteiger partial charge in [-0.2, -0.15) is 0 Å². The minimum Gasteiger partial charge on any atom is -0.478 e. The number of rotatable bonds is 7. The highest BCUT2D eigenvalue weighted by Gasteiger charge is 2.24. The molecule has 0 aromatic heterocycles. The molecule has 0 amide bonds. The molecular formula is C25H28O2. The van der Waals surface area contributed by atoms with Crippen molar-refractivity contribution in [3.8, 4) is 11.1 Å². The third kappa shape index (κ3) is 5.19. The highest BCUT2D eigenvalue weighted by atomic mass is 16.4. The van der Waals surface area contributed by atoms with Crippen LogP contribution in [0.15, 0.2) is 67.3 Å². The van der Waals surface area contributed by atoms with Crippen molar-refractivity contribution in [1.29, 1.82) is 0 Å². The van der Waals surface area contributed by atoms with Gasteiger partial charge in [0.2, 0.25) is 0 Å². The third-order valence-corrected chi connectivity index (χ3v) is 5.64. The number of benzene rings is 2. The third-order valence-electron chi connectivity index (χ3n) is 5.64. The van der Waals surface area contributed by atoms with Crippen molar-refractivity contribution in [2.24, 2.45) is 5.92 Å². The SMILES string of the molecule is C=CCCC1CCC(c2cc(/C=C/C(=O)O)ccc2-c2ccccc2)CC1. The maximum atomic E-state index is 10.9. The number of hydrogen-bond acceptors (Lipinski definition) is 1. The van der Waals surface area contributed by atoms with Crippen molar-refractivity contribution in [1.82, 2.24) is 0 Å². The topological polar surface area (TPSA) is 37.3 Å². The van der Waals surface area contributed by atoms with Crippen molar-refractivity contribution < 1.29 is 9.90 Å². The Morgan fingerprint density at radius 1 is 1.07 bits per heavy atom. The molecule has 1 aliphatic carbocycles. The number of aliphatic carboxylic acids is 1. The van der Waals surface area contributed by atoms with Crippen LogP contribution >= 0.6 is 0 Å². The fourth-order valence-corrected chi connectivity index (χ4v) is 4.19. The lowest BCUT2D eigenvalue weighted by molar-refractivity contribution is -0.131. The Morgan fingerprint density at radius 2 is 1.81 bits per heavy atom. The van der Waals surface area contributed by atoms with Gasteiger partial charge >= 0.3 is 5.97 Å². The van der Waals surface area contributed by atoms with E-state index in [1.54, 1.807) is 6.08 Å². The van der Waals surface area contributed by atoms with Gasteiger partial charge in [0.15, 0.2) is 0 Å². The molecule has 0 aliphatic heterocycles. The zero-order chi connectivity index (χ0) is 19.1. The van der Waals surface area contributed by atoms with Crippen LogP contribution in [0.5, 0.6) is 0 Å². The van der Waals surface area contributed by atoms with Crippen LogP contribution in [0.25, 0.3) is 17.2 Å². The van der Waals surface area contributed by atoms with E-state index in [0.717, 1.165) is 17.9 Å². The van der Waals surface area contributed by atoms with Crippen LogP contribution in [0.3, 0.4) is 0 Å². The first kappa shape index (κ1) is 19.2. The molecule has 2 aromatic carbocycles. The van der Waals surface area contributed by atoms with Gasteiger partial charge in [0.05, 0.1) is 0 Å². The van der Waals surface area contributed by atoms with Gasteiger partial charge in [-0.15, -0.1) is 6.58 Å². The first-order valence-electron chi connectivity index (χ1n) is 9.88. The van der Waals surface area contributed by atoms with E-state index in [-0.39, 0.29) is 0 Å².